The smallest absolute Gasteiger partial charge is 0.327 e. The van der Waals surface area contributed by atoms with Crippen LogP contribution in [0.3, 0.4) is 0 Å². The maximum Gasteiger partial charge on any atom is 0.493 e. The van der Waals surface area contributed by atoms with Crippen LogP contribution in [-0.4, -0.2) is 30.8 Å². The van der Waals surface area contributed by atoms with Gasteiger partial charge in [0.05, 0.1) is 5.69 Å². The average molecular weight is 246 g/mol. The van der Waals surface area contributed by atoms with E-state index in [4.69, 9.17) is 0 Å². The number of carbonyl (C=O) groups is 1. The molecule has 0 aliphatic carbocycles. The minimum absolute atomic E-state index is 0.170. The molecule has 1 rings (SSSR count). The van der Waals surface area contributed by atoms with Crippen molar-refractivity contribution in [2.45, 2.75) is 13.2 Å². The Kier molecular flexibility index (Phi) is 3.98. The van der Waals surface area contributed by atoms with Crippen molar-refractivity contribution in [1.82, 2.24) is 4.90 Å². The lowest BCUT2D eigenvalue weighted by Crippen LogP contribution is -2.49. The second-order valence-electron chi connectivity index (χ2n) is 3.44. The average Bonchev–Trinajstić information content (AvgIpc) is 2.27. The highest BCUT2D eigenvalue weighted by Crippen LogP contribution is 2.29. The van der Waals surface area contributed by atoms with E-state index in [1.165, 1.54) is 31.3 Å². The molecule has 0 N–H and O–H groups in total. The molecular formula is C11H13F3N2O. The molecule has 0 saturated heterocycles. The minimum atomic E-state index is -4.73. The molecule has 1 aromatic carbocycles. The highest BCUT2D eigenvalue weighted by molar-refractivity contribution is 5.92. The number of hydrogen-bond donors (Lipinski definition) is 0. The molecule has 6 heteroatoms. The predicted molar refractivity (Wildman–Crippen MR) is 58.7 cm³/mol. The van der Waals surface area contributed by atoms with E-state index in [0.29, 0.717) is 0 Å². The van der Waals surface area contributed by atoms with Gasteiger partial charge in [-0.1, -0.05) is 18.2 Å². The normalized spacial score (nSPS) is 11.1. The number of anilines is 1. The number of hydrogen-bond acceptors (Lipinski definition) is 1. The molecule has 0 atom stereocenters. The number of urea groups is 1. The lowest BCUT2D eigenvalue weighted by atomic mass is 10.3. The highest BCUT2D eigenvalue weighted by Gasteiger charge is 2.43. The number of carbonyl (C=O) groups excluding carboxylic acids is 1. The molecule has 0 aliphatic heterocycles. The molecule has 3 nitrogen and oxygen atoms in total. The SMILES string of the molecule is CCN(C)C(=O)N(c1ccccc1)C(F)(F)F. The Morgan fingerprint density at radius 1 is 1.24 bits per heavy atom. The predicted octanol–water partition coefficient (Wildman–Crippen LogP) is 3.08. The zero-order chi connectivity index (χ0) is 13.1. The standard InChI is InChI=1S/C11H13F3N2O/c1-3-15(2)10(17)16(11(12,13)14)9-7-5-4-6-8-9/h4-8H,3H2,1-2H3. The van der Waals surface area contributed by atoms with Gasteiger partial charge in [-0.2, -0.15) is 0 Å². The van der Waals surface area contributed by atoms with E-state index in [1.54, 1.807) is 13.0 Å². The number of amides is 2. The topological polar surface area (TPSA) is 23.6 Å². The molecule has 0 aromatic heterocycles. The Balaban J connectivity index is 3.10. The molecule has 17 heavy (non-hydrogen) atoms. The second-order valence-corrected chi connectivity index (χ2v) is 3.44. The van der Waals surface area contributed by atoms with Gasteiger partial charge in [-0.05, 0) is 19.1 Å². The lowest BCUT2D eigenvalue weighted by Gasteiger charge is -2.28. The Hall–Kier alpha value is -1.72. The van der Waals surface area contributed by atoms with Gasteiger partial charge in [0.1, 0.15) is 0 Å². The van der Waals surface area contributed by atoms with Crippen molar-refractivity contribution in [3.05, 3.63) is 30.3 Å². The van der Waals surface area contributed by atoms with E-state index in [1.807, 2.05) is 0 Å². The summed E-state index contributed by atoms with van der Waals surface area (Å²) in [6, 6.07) is 5.89. The first-order chi connectivity index (χ1) is 7.88. The summed E-state index contributed by atoms with van der Waals surface area (Å²) in [5, 5.41) is 0. The Bertz CT molecular complexity index is 378. The summed E-state index contributed by atoms with van der Waals surface area (Å²) in [5.41, 5.74) is -0.190. The molecule has 2 amide bonds. The lowest BCUT2D eigenvalue weighted by molar-refractivity contribution is -0.122. The molecule has 0 radical (unpaired) electrons. The van der Waals surface area contributed by atoms with E-state index in [0.717, 1.165) is 4.90 Å². The molecular weight excluding hydrogens is 233 g/mol. The van der Waals surface area contributed by atoms with Crippen LogP contribution in [-0.2, 0) is 0 Å². The summed E-state index contributed by atoms with van der Waals surface area (Å²) in [5.74, 6) is 0. The van der Waals surface area contributed by atoms with Gasteiger partial charge in [0.15, 0.2) is 0 Å². The van der Waals surface area contributed by atoms with Crippen molar-refractivity contribution in [3.63, 3.8) is 0 Å². The first-order valence-electron chi connectivity index (χ1n) is 5.05. The van der Waals surface area contributed by atoms with Crippen molar-refractivity contribution in [2.24, 2.45) is 0 Å². The van der Waals surface area contributed by atoms with Crippen molar-refractivity contribution in [1.29, 1.82) is 0 Å². The number of benzene rings is 1. The van der Waals surface area contributed by atoms with E-state index in [2.05, 4.69) is 0 Å². The molecule has 94 valence electrons. The molecule has 0 saturated carbocycles. The number of para-hydroxylation sites is 1. The van der Waals surface area contributed by atoms with Crippen LogP contribution in [0.4, 0.5) is 23.7 Å². The first kappa shape index (κ1) is 13.3. The van der Waals surface area contributed by atoms with Crippen molar-refractivity contribution in [2.75, 3.05) is 18.5 Å². The third kappa shape index (κ3) is 3.12. The monoisotopic (exact) mass is 246 g/mol. The van der Waals surface area contributed by atoms with E-state index < -0.39 is 12.3 Å². The van der Waals surface area contributed by atoms with Crippen LogP contribution < -0.4 is 4.90 Å². The number of halogens is 3. The van der Waals surface area contributed by atoms with Crippen LogP contribution in [0.25, 0.3) is 0 Å². The van der Waals surface area contributed by atoms with Gasteiger partial charge < -0.3 is 4.90 Å². The fourth-order valence-electron chi connectivity index (χ4n) is 1.25. The molecule has 0 unspecified atom stereocenters. The summed E-state index contributed by atoms with van der Waals surface area (Å²) in [6.45, 7) is 1.82. The fourth-order valence-corrected chi connectivity index (χ4v) is 1.25. The first-order valence-corrected chi connectivity index (χ1v) is 5.05. The van der Waals surface area contributed by atoms with Crippen molar-refractivity contribution in [3.8, 4) is 0 Å². The van der Waals surface area contributed by atoms with Crippen LogP contribution >= 0.6 is 0 Å². The minimum Gasteiger partial charge on any atom is -0.327 e. The van der Waals surface area contributed by atoms with Gasteiger partial charge in [-0.15, -0.1) is 13.2 Å². The van der Waals surface area contributed by atoms with E-state index >= 15 is 0 Å². The van der Waals surface area contributed by atoms with Crippen LogP contribution in [0.5, 0.6) is 0 Å². The number of nitrogens with zero attached hydrogens (tertiary/aromatic N) is 2. The van der Waals surface area contributed by atoms with Crippen LogP contribution in [0.1, 0.15) is 6.92 Å². The third-order valence-electron chi connectivity index (χ3n) is 2.26. The second kappa shape index (κ2) is 5.07. The van der Waals surface area contributed by atoms with Crippen molar-refractivity contribution >= 4 is 11.7 Å². The Morgan fingerprint density at radius 3 is 2.18 bits per heavy atom. The summed E-state index contributed by atoms with van der Waals surface area (Å²) >= 11 is 0. The van der Waals surface area contributed by atoms with Crippen molar-refractivity contribution < 1.29 is 18.0 Å². The Labute approximate surface area is 97.4 Å². The van der Waals surface area contributed by atoms with Gasteiger partial charge in [0, 0.05) is 13.6 Å². The Morgan fingerprint density at radius 2 is 1.76 bits per heavy atom. The zero-order valence-electron chi connectivity index (χ0n) is 9.53. The van der Waals surface area contributed by atoms with Gasteiger partial charge in [-0.25, -0.2) is 9.69 Å². The van der Waals surface area contributed by atoms with Gasteiger partial charge in [0.25, 0.3) is 0 Å². The third-order valence-corrected chi connectivity index (χ3v) is 2.26. The zero-order valence-corrected chi connectivity index (χ0v) is 9.53. The van der Waals surface area contributed by atoms with Crippen LogP contribution in [0.15, 0.2) is 30.3 Å². The summed E-state index contributed by atoms with van der Waals surface area (Å²) < 4.78 is 38.5. The van der Waals surface area contributed by atoms with Crippen LogP contribution in [0, 0.1) is 0 Å². The largest absolute Gasteiger partial charge is 0.493 e. The summed E-state index contributed by atoms with van der Waals surface area (Å²) in [6.07, 6.45) is -4.73. The molecule has 0 spiro atoms. The van der Waals surface area contributed by atoms with Gasteiger partial charge in [-0.3, -0.25) is 0 Å². The van der Waals surface area contributed by atoms with E-state index in [-0.39, 0.29) is 17.1 Å². The maximum atomic E-state index is 12.8. The van der Waals surface area contributed by atoms with Gasteiger partial charge in [0.2, 0.25) is 0 Å². The molecule has 0 fully saturated rings. The van der Waals surface area contributed by atoms with Crippen LogP contribution in [0.2, 0.25) is 0 Å². The maximum absolute atomic E-state index is 12.8. The summed E-state index contributed by atoms with van der Waals surface area (Å²) in [7, 11) is 1.32. The van der Waals surface area contributed by atoms with E-state index in [9.17, 15) is 18.0 Å². The summed E-state index contributed by atoms with van der Waals surface area (Å²) in [4.78, 5) is 12.5. The highest BCUT2D eigenvalue weighted by atomic mass is 19.4. The molecule has 0 heterocycles. The quantitative estimate of drug-likeness (QED) is 0.735. The molecule has 0 aliphatic rings. The number of alkyl halides is 3. The number of rotatable bonds is 2. The molecule has 0 bridgehead atoms. The fraction of sp³-hybridized carbons (Fsp3) is 0.364. The van der Waals surface area contributed by atoms with Gasteiger partial charge >= 0.3 is 12.3 Å². The molecule has 1 aromatic rings.